The first kappa shape index (κ1) is 20.5. The maximum Gasteiger partial charge on any atom is 0.226 e. The largest absolute Gasteiger partial charge is 0.496 e. The van der Waals surface area contributed by atoms with Crippen molar-refractivity contribution >= 4 is 0 Å². The summed E-state index contributed by atoms with van der Waals surface area (Å²) < 4.78 is 17.5. The van der Waals surface area contributed by atoms with Crippen molar-refractivity contribution in [1.29, 1.82) is 0 Å². The molecule has 0 aliphatic carbocycles. The molecule has 0 amide bonds. The summed E-state index contributed by atoms with van der Waals surface area (Å²) in [6.45, 7) is 8.92. The van der Waals surface area contributed by atoms with E-state index in [1.165, 1.54) is 5.56 Å². The third kappa shape index (κ3) is 4.68. The number of likely N-dealkylation sites (tertiary alicyclic amines) is 1. The highest BCUT2D eigenvalue weighted by Gasteiger charge is 2.23. The summed E-state index contributed by atoms with van der Waals surface area (Å²) in [7, 11) is 1.68. The molecule has 0 radical (unpaired) electrons. The van der Waals surface area contributed by atoms with Crippen molar-refractivity contribution in [3.8, 4) is 23.0 Å². The Kier molecular flexibility index (Phi) is 6.09. The molecule has 0 atom stereocenters. The minimum absolute atomic E-state index is 0.278. The quantitative estimate of drug-likeness (QED) is 0.554. The fourth-order valence-corrected chi connectivity index (χ4v) is 3.92. The molecule has 0 spiro atoms. The highest BCUT2D eigenvalue weighted by Crippen LogP contribution is 2.28. The Morgan fingerprint density at radius 2 is 1.77 bits per heavy atom. The van der Waals surface area contributed by atoms with Crippen LogP contribution in [0, 0.1) is 20.8 Å². The summed E-state index contributed by atoms with van der Waals surface area (Å²) >= 11 is 0. The lowest BCUT2D eigenvalue weighted by molar-refractivity contribution is 0.0959. The lowest BCUT2D eigenvalue weighted by Gasteiger charge is -2.31. The standard InChI is InChI=1S/C25H30N2O3/c1-17-5-8-21(9-6-17)30-22-11-13-27(14-12-22)16-23-19(3)29-25(26-23)20-7-10-24(28-4)18(2)15-20/h5-10,15,22H,11-14,16H2,1-4H3. The summed E-state index contributed by atoms with van der Waals surface area (Å²) in [6, 6.07) is 14.3. The molecule has 1 saturated heterocycles. The van der Waals surface area contributed by atoms with Crippen LogP contribution in [-0.2, 0) is 6.54 Å². The van der Waals surface area contributed by atoms with Gasteiger partial charge in [-0.3, -0.25) is 4.90 Å². The van der Waals surface area contributed by atoms with Crippen molar-refractivity contribution in [3.05, 3.63) is 65.0 Å². The molecule has 0 unspecified atom stereocenters. The normalized spacial score (nSPS) is 15.3. The average Bonchev–Trinajstić information content (AvgIpc) is 3.11. The topological polar surface area (TPSA) is 47.7 Å². The Hall–Kier alpha value is -2.79. The van der Waals surface area contributed by atoms with Crippen molar-refractivity contribution in [1.82, 2.24) is 9.88 Å². The van der Waals surface area contributed by atoms with Crippen LogP contribution in [0.5, 0.6) is 11.5 Å². The summed E-state index contributed by atoms with van der Waals surface area (Å²) in [5.74, 6) is 3.39. The van der Waals surface area contributed by atoms with E-state index in [0.29, 0.717) is 5.89 Å². The predicted molar refractivity (Wildman–Crippen MR) is 118 cm³/mol. The van der Waals surface area contributed by atoms with Gasteiger partial charge in [0, 0.05) is 25.2 Å². The van der Waals surface area contributed by atoms with E-state index < -0.39 is 0 Å². The van der Waals surface area contributed by atoms with Crippen molar-refractivity contribution in [3.63, 3.8) is 0 Å². The molecule has 1 aliphatic heterocycles. The summed E-state index contributed by atoms with van der Waals surface area (Å²) in [6.07, 6.45) is 2.32. The maximum atomic E-state index is 6.15. The fourth-order valence-electron chi connectivity index (χ4n) is 3.92. The second-order valence-corrected chi connectivity index (χ2v) is 8.11. The van der Waals surface area contributed by atoms with E-state index >= 15 is 0 Å². The van der Waals surface area contributed by atoms with E-state index in [0.717, 1.165) is 66.6 Å². The first-order chi connectivity index (χ1) is 14.5. The molecular weight excluding hydrogens is 376 g/mol. The van der Waals surface area contributed by atoms with Crippen molar-refractivity contribution < 1.29 is 13.9 Å². The van der Waals surface area contributed by atoms with Gasteiger partial charge in [-0.1, -0.05) is 17.7 Å². The smallest absolute Gasteiger partial charge is 0.226 e. The highest BCUT2D eigenvalue weighted by molar-refractivity contribution is 5.57. The number of methoxy groups -OCH3 is 1. The molecular formula is C25H30N2O3. The molecule has 0 bridgehead atoms. The number of nitrogens with zero attached hydrogens (tertiary/aromatic N) is 2. The Morgan fingerprint density at radius 1 is 1.03 bits per heavy atom. The van der Waals surface area contributed by atoms with Crippen molar-refractivity contribution in [2.75, 3.05) is 20.2 Å². The minimum Gasteiger partial charge on any atom is -0.496 e. The number of benzene rings is 2. The zero-order valence-electron chi connectivity index (χ0n) is 18.3. The summed E-state index contributed by atoms with van der Waals surface area (Å²) in [4.78, 5) is 7.22. The van der Waals surface area contributed by atoms with Gasteiger partial charge in [-0.15, -0.1) is 0 Å². The fraction of sp³-hybridized carbons (Fsp3) is 0.400. The number of hydrogen-bond donors (Lipinski definition) is 0. The van der Waals surface area contributed by atoms with Gasteiger partial charge in [0.2, 0.25) is 5.89 Å². The van der Waals surface area contributed by atoms with Crippen LogP contribution in [0.3, 0.4) is 0 Å². The summed E-state index contributed by atoms with van der Waals surface area (Å²) in [5, 5.41) is 0. The lowest BCUT2D eigenvalue weighted by atomic mass is 10.1. The van der Waals surface area contributed by atoms with Gasteiger partial charge in [0.25, 0.3) is 0 Å². The van der Waals surface area contributed by atoms with E-state index in [9.17, 15) is 0 Å². The van der Waals surface area contributed by atoms with Gasteiger partial charge in [0.05, 0.1) is 12.8 Å². The van der Waals surface area contributed by atoms with Gasteiger partial charge >= 0.3 is 0 Å². The average molecular weight is 407 g/mol. The highest BCUT2D eigenvalue weighted by atomic mass is 16.5. The van der Waals surface area contributed by atoms with Gasteiger partial charge in [-0.2, -0.15) is 0 Å². The first-order valence-electron chi connectivity index (χ1n) is 10.6. The number of oxazole rings is 1. The van der Waals surface area contributed by atoms with Crippen molar-refractivity contribution in [2.45, 2.75) is 46.3 Å². The van der Waals surface area contributed by atoms with Gasteiger partial charge in [-0.05, 0) is 69.5 Å². The molecule has 2 heterocycles. The van der Waals surface area contributed by atoms with E-state index in [1.54, 1.807) is 7.11 Å². The number of aromatic nitrogens is 1. The molecule has 0 N–H and O–H groups in total. The molecule has 158 valence electrons. The lowest BCUT2D eigenvalue weighted by Crippen LogP contribution is -2.38. The van der Waals surface area contributed by atoms with Crippen LogP contribution in [0.4, 0.5) is 0 Å². The molecule has 3 aromatic rings. The van der Waals surface area contributed by atoms with Crippen LogP contribution in [0.25, 0.3) is 11.5 Å². The second-order valence-electron chi connectivity index (χ2n) is 8.11. The molecule has 0 saturated carbocycles. The number of ether oxygens (including phenoxy) is 2. The molecule has 1 aromatic heterocycles. The van der Waals surface area contributed by atoms with Crippen LogP contribution in [0.2, 0.25) is 0 Å². The zero-order valence-corrected chi connectivity index (χ0v) is 18.3. The van der Waals surface area contributed by atoms with Crippen molar-refractivity contribution in [2.24, 2.45) is 0 Å². The number of piperidine rings is 1. The molecule has 1 fully saturated rings. The minimum atomic E-state index is 0.278. The van der Waals surface area contributed by atoms with Gasteiger partial charge < -0.3 is 13.9 Å². The Morgan fingerprint density at radius 3 is 2.43 bits per heavy atom. The van der Waals surface area contributed by atoms with Crippen LogP contribution in [-0.4, -0.2) is 36.2 Å². The number of hydrogen-bond acceptors (Lipinski definition) is 5. The third-order valence-electron chi connectivity index (χ3n) is 5.77. The SMILES string of the molecule is COc1ccc(-c2nc(CN3CCC(Oc4ccc(C)cc4)CC3)c(C)o2)cc1C. The van der Waals surface area contributed by atoms with Gasteiger partial charge in [-0.25, -0.2) is 4.98 Å². The van der Waals surface area contributed by atoms with Crippen LogP contribution in [0.15, 0.2) is 46.9 Å². The predicted octanol–water partition coefficient (Wildman–Crippen LogP) is 5.32. The maximum absolute atomic E-state index is 6.15. The number of rotatable bonds is 6. The Bertz CT molecular complexity index is 986. The van der Waals surface area contributed by atoms with Gasteiger partial charge in [0.15, 0.2) is 0 Å². The molecule has 1 aliphatic rings. The Balaban J connectivity index is 1.35. The number of aryl methyl sites for hydroxylation is 3. The van der Waals surface area contributed by atoms with Crippen LogP contribution < -0.4 is 9.47 Å². The Labute approximate surface area is 178 Å². The third-order valence-corrected chi connectivity index (χ3v) is 5.77. The first-order valence-corrected chi connectivity index (χ1v) is 10.6. The molecule has 5 nitrogen and oxygen atoms in total. The molecule has 2 aromatic carbocycles. The van der Waals surface area contributed by atoms with E-state index in [1.807, 2.05) is 26.0 Å². The van der Waals surface area contributed by atoms with E-state index in [2.05, 4.69) is 42.2 Å². The zero-order chi connectivity index (χ0) is 21.1. The summed E-state index contributed by atoms with van der Waals surface area (Å²) in [5.41, 5.74) is 4.32. The van der Waals surface area contributed by atoms with E-state index in [-0.39, 0.29) is 6.10 Å². The molecule has 4 rings (SSSR count). The van der Waals surface area contributed by atoms with Crippen LogP contribution in [0.1, 0.15) is 35.4 Å². The molecule has 5 heteroatoms. The molecule has 30 heavy (non-hydrogen) atoms. The van der Waals surface area contributed by atoms with Crippen LogP contribution >= 0.6 is 0 Å². The monoisotopic (exact) mass is 406 g/mol. The second kappa shape index (κ2) is 8.92. The van der Waals surface area contributed by atoms with Gasteiger partial charge in [0.1, 0.15) is 23.4 Å². The van der Waals surface area contributed by atoms with E-state index in [4.69, 9.17) is 18.9 Å².